The quantitative estimate of drug-likeness (QED) is 0.867. The maximum atomic E-state index is 12.2. The standard InChI is InChI=1S/C14H17NO4S/c1-14(2,3)19-13-15-9-11(18-13)10-20(16,17)12-7-5-4-6-8-12/h4-9H,10H2,1-3H3. The summed E-state index contributed by atoms with van der Waals surface area (Å²) in [6, 6.07) is 8.24. The van der Waals surface area contributed by atoms with Crippen LogP contribution in [0.3, 0.4) is 0 Å². The van der Waals surface area contributed by atoms with Crippen molar-refractivity contribution >= 4 is 9.84 Å². The molecule has 0 bridgehead atoms. The second kappa shape index (κ2) is 5.28. The number of rotatable bonds is 4. The first kappa shape index (κ1) is 14.6. The minimum absolute atomic E-state index is 0.0794. The van der Waals surface area contributed by atoms with Crippen LogP contribution in [0.5, 0.6) is 6.08 Å². The smallest absolute Gasteiger partial charge is 0.394 e. The van der Waals surface area contributed by atoms with Crippen LogP contribution in [0.2, 0.25) is 0 Å². The number of sulfone groups is 1. The number of hydrogen-bond donors (Lipinski definition) is 0. The molecule has 0 aliphatic heterocycles. The monoisotopic (exact) mass is 295 g/mol. The summed E-state index contributed by atoms with van der Waals surface area (Å²) in [6.45, 7) is 5.58. The third-order valence-electron chi connectivity index (χ3n) is 2.36. The van der Waals surface area contributed by atoms with Crippen LogP contribution in [0.15, 0.2) is 45.8 Å². The van der Waals surface area contributed by atoms with Crippen LogP contribution in [-0.2, 0) is 15.6 Å². The third-order valence-corrected chi connectivity index (χ3v) is 4.02. The van der Waals surface area contributed by atoms with E-state index in [0.29, 0.717) is 0 Å². The summed E-state index contributed by atoms with van der Waals surface area (Å²) >= 11 is 0. The topological polar surface area (TPSA) is 69.4 Å². The van der Waals surface area contributed by atoms with Crippen molar-refractivity contribution in [3.8, 4) is 6.08 Å². The first-order valence-electron chi connectivity index (χ1n) is 6.18. The van der Waals surface area contributed by atoms with Gasteiger partial charge in [-0.25, -0.2) is 8.42 Å². The van der Waals surface area contributed by atoms with E-state index < -0.39 is 15.4 Å². The number of oxazole rings is 1. The normalized spacial score (nSPS) is 12.3. The molecular weight excluding hydrogens is 278 g/mol. The average molecular weight is 295 g/mol. The third kappa shape index (κ3) is 3.84. The zero-order valence-corrected chi connectivity index (χ0v) is 12.5. The van der Waals surface area contributed by atoms with E-state index in [0.717, 1.165) is 0 Å². The molecule has 2 rings (SSSR count). The SMILES string of the molecule is CC(C)(C)Oc1ncc(CS(=O)(=O)c2ccccc2)o1. The Morgan fingerprint density at radius 2 is 1.85 bits per heavy atom. The number of nitrogens with zero attached hydrogens (tertiary/aromatic N) is 1. The second-order valence-corrected chi connectivity index (χ2v) is 7.37. The Kier molecular flexibility index (Phi) is 3.85. The van der Waals surface area contributed by atoms with Gasteiger partial charge in [-0.2, -0.15) is 4.98 Å². The van der Waals surface area contributed by atoms with Gasteiger partial charge in [-0.05, 0) is 32.9 Å². The zero-order valence-electron chi connectivity index (χ0n) is 11.7. The number of ether oxygens (including phenoxy) is 1. The van der Waals surface area contributed by atoms with Gasteiger partial charge in [-0.1, -0.05) is 18.2 Å². The molecule has 0 spiro atoms. The highest BCUT2D eigenvalue weighted by atomic mass is 32.2. The lowest BCUT2D eigenvalue weighted by atomic mass is 10.2. The van der Waals surface area contributed by atoms with E-state index >= 15 is 0 Å². The van der Waals surface area contributed by atoms with Gasteiger partial charge in [0.1, 0.15) is 17.1 Å². The molecule has 0 atom stereocenters. The minimum Gasteiger partial charge on any atom is -0.444 e. The largest absolute Gasteiger partial charge is 0.444 e. The predicted molar refractivity (Wildman–Crippen MR) is 74.2 cm³/mol. The summed E-state index contributed by atoms with van der Waals surface area (Å²) < 4.78 is 35.1. The van der Waals surface area contributed by atoms with Crippen LogP contribution in [-0.4, -0.2) is 19.0 Å². The Morgan fingerprint density at radius 3 is 2.45 bits per heavy atom. The van der Waals surface area contributed by atoms with Crippen molar-refractivity contribution in [1.82, 2.24) is 4.98 Å². The van der Waals surface area contributed by atoms with Crippen molar-refractivity contribution in [2.45, 2.75) is 37.0 Å². The molecule has 0 saturated heterocycles. The van der Waals surface area contributed by atoms with E-state index in [1.54, 1.807) is 30.3 Å². The lowest BCUT2D eigenvalue weighted by molar-refractivity contribution is 0.0860. The van der Waals surface area contributed by atoms with Crippen LogP contribution in [0.25, 0.3) is 0 Å². The van der Waals surface area contributed by atoms with Gasteiger partial charge in [0.15, 0.2) is 9.84 Å². The van der Waals surface area contributed by atoms with Gasteiger partial charge in [0.2, 0.25) is 0 Å². The molecule has 0 radical (unpaired) electrons. The minimum atomic E-state index is -3.43. The Morgan fingerprint density at radius 1 is 1.20 bits per heavy atom. The van der Waals surface area contributed by atoms with Crippen molar-refractivity contribution in [2.24, 2.45) is 0 Å². The predicted octanol–water partition coefficient (Wildman–Crippen LogP) is 2.83. The van der Waals surface area contributed by atoms with Crippen LogP contribution >= 0.6 is 0 Å². The Bertz CT molecular complexity index is 669. The van der Waals surface area contributed by atoms with E-state index in [2.05, 4.69) is 4.98 Å². The molecular formula is C14H17NO4S. The molecule has 0 fully saturated rings. The van der Waals surface area contributed by atoms with Crippen LogP contribution in [0.1, 0.15) is 26.5 Å². The van der Waals surface area contributed by atoms with Gasteiger partial charge in [0, 0.05) is 0 Å². The summed E-state index contributed by atoms with van der Waals surface area (Å²) in [4.78, 5) is 4.19. The molecule has 6 heteroatoms. The molecule has 5 nitrogen and oxygen atoms in total. The number of hydrogen-bond acceptors (Lipinski definition) is 5. The van der Waals surface area contributed by atoms with Crippen molar-refractivity contribution in [2.75, 3.05) is 0 Å². The molecule has 0 saturated carbocycles. The van der Waals surface area contributed by atoms with Gasteiger partial charge in [0.05, 0.1) is 11.1 Å². The molecule has 0 aliphatic carbocycles. The highest BCUT2D eigenvalue weighted by molar-refractivity contribution is 7.90. The van der Waals surface area contributed by atoms with Crippen LogP contribution in [0, 0.1) is 0 Å². The molecule has 0 aliphatic rings. The first-order chi connectivity index (χ1) is 9.26. The summed E-state index contributed by atoms with van der Waals surface area (Å²) in [7, 11) is -3.43. The fraction of sp³-hybridized carbons (Fsp3) is 0.357. The van der Waals surface area contributed by atoms with Gasteiger partial charge in [-0.3, -0.25) is 0 Å². The maximum absolute atomic E-state index is 12.2. The molecule has 0 unspecified atom stereocenters. The highest BCUT2D eigenvalue weighted by Crippen LogP contribution is 2.21. The number of aromatic nitrogens is 1. The summed E-state index contributed by atoms with van der Waals surface area (Å²) in [5.41, 5.74) is -0.444. The van der Waals surface area contributed by atoms with Crippen molar-refractivity contribution in [3.63, 3.8) is 0 Å². The van der Waals surface area contributed by atoms with E-state index in [9.17, 15) is 8.42 Å². The molecule has 1 aromatic heterocycles. The molecule has 1 aromatic carbocycles. The van der Waals surface area contributed by atoms with Crippen molar-refractivity contribution in [1.29, 1.82) is 0 Å². The maximum Gasteiger partial charge on any atom is 0.394 e. The Labute approximate surface area is 118 Å². The van der Waals surface area contributed by atoms with Crippen LogP contribution < -0.4 is 4.74 Å². The fourth-order valence-corrected chi connectivity index (χ4v) is 2.81. The second-order valence-electron chi connectivity index (χ2n) is 5.38. The fourth-order valence-electron chi connectivity index (χ4n) is 1.56. The summed E-state index contributed by atoms with van der Waals surface area (Å²) in [5.74, 6) is 0.0189. The number of benzene rings is 1. The molecule has 1 heterocycles. The first-order valence-corrected chi connectivity index (χ1v) is 7.83. The highest BCUT2D eigenvalue weighted by Gasteiger charge is 2.20. The lowest BCUT2D eigenvalue weighted by Gasteiger charge is -2.17. The van der Waals surface area contributed by atoms with Crippen molar-refractivity contribution < 1.29 is 17.6 Å². The van der Waals surface area contributed by atoms with E-state index in [-0.39, 0.29) is 22.5 Å². The molecule has 20 heavy (non-hydrogen) atoms. The van der Waals surface area contributed by atoms with Crippen LogP contribution in [0.4, 0.5) is 0 Å². The van der Waals surface area contributed by atoms with E-state index in [1.807, 2.05) is 20.8 Å². The van der Waals surface area contributed by atoms with Crippen molar-refractivity contribution in [3.05, 3.63) is 42.3 Å². The zero-order chi connectivity index (χ0) is 14.8. The average Bonchev–Trinajstić information content (AvgIpc) is 2.74. The molecule has 2 aromatic rings. The van der Waals surface area contributed by atoms with E-state index in [1.165, 1.54) is 6.20 Å². The van der Waals surface area contributed by atoms with Gasteiger partial charge in [0.25, 0.3) is 0 Å². The Balaban J connectivity index is 2.15. The summed E-state index contributed by atoms with van der Waals surface area (Å²) in [6.07, 6.45) is 1.46. The van der Waals surface area contributed by atoms with Gasteiger partial charge < -0.3 is 9.15 Å². The molecule has 0 N–H and O–H groups in total. The van der Waals surface area contributed by atoms with Gasteiger partial charge in [-0.15, -0.1) is 0 Å². The van der Waals surface area contributed by atoms with E-state index in [4.69, 9.17) is 9.15 Å². The Hall–Kier alpha value is -1.82. The molecule has 108 valence electrons. The van der Waals surface area contributed by atoms with Gasteiger partial charge >= 0.3 is 6.08 Å². The molecule has 0 amide bonds. The lowest BCUT2D eigenvalue weighted by Crippen LogP contribution is -2.23. The summed E-state index contributed by atoms with van der Waals surface area (Å²) in [5, 5.41) is 0.